The average Bonchev–Trinajstić information content (AvgIpc) is 2.15. The summed E-state index contributed by atoms with van der Waals surface area (Å²) < 4.78 is 0. The first-order valence-corrected chi connectivity index (χ1v) is 5.66. The maximum Gasteiger partial charge on any atom is 0.00661 e. The second kappa shape index (κ2) is 5.23. The Morgan fingerprint density at radius 3 is 2.69 bits per heavy atom. The molecule has 1 heteroatoms. The van der Waals surface area contributed by atoms with E-state index in [1.165, 1.54) is 16.7 Å². The fourth-order valence-electron chi connectivity index (χ4n) is 1.40. The van der Waals surface area contributed by atoms with Gasteiger partial charge in [0.2, 0.25) is 0 Å². The van der Waals surface area contributed by atoms with Gasteiger partial charge >= 0.3 is 0 Å². The predicted octanol–water partition coefficient (Wildman–Crippen LogP) is 4.18. The molecule has 0 N–H and O–H groups in total. The summed E-state index contributed by atoms with van der Waals surface area (Å²) in [5.74, 6) is 0. The fraction of sp³-hybridized carbons (Fsp3) is 0.333. The summed E-state index contributed by atoms with van der Waals surface area (Å²) in [6, 6.07) is 8.50. The molecule has 70 valence electrons. The molecule has 0 nitrogen and oxygen atoms in total. The van der Waals surface area contributed by atoms with Gasteiger partial charge in [-0.15, -0.1) is 0 Å². The van der Waals surface area contributed by atoms with E-state index in [1.807, 2.05) is 0 Å². The largest absolute Gasteiger partial charge is 0.0925 e. The zero-order chi connectivity index (χ0) is 9.68. The molecule has 0 amide bonds. The monoisotopic (exact) mass is 238 g/mol. The molecule has 0 spiro atoms. The first kappa shape index (κ1) is 10.5. The molecule has 0 fully saturated rings. The van der Waals surface area contributed by atoms with Gasteiger partial charge in [-0.05, 0) is 37.0 Å². The molecule has 0 unspecified atom stereocenters. The number of hydrogen-bond acceptors (Lipinski definition) is 0. The van der Waals surface area contributed by atoms with Crippen LogP contribution in [0.25, 0.3) is 5.57 Å². The summed E-state index contributed by atoms with van der Waals surface area (Å²) in [6.45, 7) is 4.33. The lowest BCUT2D eigenvalue weighted by atomic mass is 10.0. The van der Waals surface area contributed by atoms with Gasteiger partial charge in [0.25, 0.3) is 0 Å². The van der Waals surface area contributed by atoms with E-state index in [-0.39, 0.29) is 0 Å². The van der Waals surface area contributed by atoms with Crippen LogP contribution in [0, 0.1) is 6.92 Å². The molecule has 0 aliphatic rings. The topological polar surface area (TPSA) is 0 Å². The van der Waals surface area contributed by atoms with Gasteiger partial charge in [0.05, 0.1) is 0 Å². The zero-order valence-electron chi connectivity index (χ0n) is 8.18. The molecule has 0 saturated carbocycles. The van der Waals surface area contributed by atoms with E-state index in [9.17, 15) is 0 Å². The minimum Gasteiger partial charge on any atom is -0.0925 e. The van der Waals surface area contributed by atoms with E-state index in [4.69, 9.17) is 0 Å². The third-order valence-electron chi connectivity index (χ3n) is 2.13. The summed E-state index contributed by atoms with van der Waals surface area (Å²) in [4.78, 5) is 0. The number of alkyl halides is 1. The highest BCUT2D eigenvalue weighted by molar-refractivity contribution is 9.09. The van der Waals surface area contributed by atoms with Crippen LogP contribution >= 0.6 is 15.9 Å². The Hall–Kier alpha value is -0.560. The summed E-state index contributed by atoms with van der Waals surface area (Å²) in [7, 11) is 0. The van der Waals surface area contributed by atoms with Crippen LogP contribution in [0.5, 0.6) is 0 Å². The summed E-state index contributed by atoms with van der Waals surface area (Å²) in [6.07, 6.45) is 3.37. The highest BCUT2D eigenvalue weighted by Crippen LogP contribution is 2.18. The normalized spacial score (nSPS) is 11.8. The molecule has 1 aromatic rings. The lowest BCUT2D eigenvalue weighted by Crippen LogP contribution is -1.84. The minimum absolute atomic E-state index is 1.04. The first-order valence-electron chi connectivity index (χ1n) is 4.54. The number of benzene rings is 1. The maximum atomic E-state index is 3.42. The number of aryl methyl sites for hydroxylation is 1. The van der Waals surface area contributed by atoms with Gasteiger partial charge in [-0.3, -0.25) is 0 Å². The Bertz CT molecular complexity index is 300. The Balaban J connectivity index is 2.88. The minimum atomic E-state index is 1.04. The van der Waals surface area contributed by atoms with Crippen molar-refractivity contribution in [1.82, 2.24) is 0 Å². The highest BCUT2D eigenvalue weighted by Gasteiger charge is 1.97. The van der Waals surface area contributed by atoms with Crippen molar-refractivity contribution < 1.29 is 0 Å². The molecule has 1 aromatic carbocycles. The second-order valence-corrected chi connectivity index (χ2v) is 3.97. The van der Waals surface area contributed by atoms with Crippen LogP contribution < -0.4 is 0 Å². The smallest absolute Gasteiger partial charge is 0.00661 e. The zero-order valence-corrected chi connectivity index (χ0v) is 9.76. The van der Waals surface area contributed by atoms with Gasteiger partial charge in [0.1, 0.15) is 0 Å². The number of hydrogen-bond donors (Lipinski definition) is 0. The van der Waals surface area contributed by atoms with Gasteiger partial charge in [0, 0.05) is 5.33 Å². The van der Waals surface area contributed by atoms with Gasteiger partial charge in [-0.1, -0.05) is 46.3 Å². The quantitative estimate of drug-likeness (QED) is 0.694. The highest BCUT2D eigenvalue weighted by atomic mass is 79.9. The molecule has 0 radical (unpaired) electrons. The third kappa shape index (κ3) is 3.00. The number of halogens is 1. The molecular weight excluding hydrogens is 224 g/mol. The van der Waals surface area contributed by atoms with Gasteiger partial charge < -0.3 is 0 Å². The van der Waals surface area contributed by atoms with Crippen LogP contribution in [-0.4, -0.2) is 5.33 Å². The van der Waals surface area contributed by atoms with Crippen LogP contribution in [0.15, 0.2) is 30.3 Å². The van der Waals surface area contributed by atoms with Crippen molar-refractivity contribution in [1.29, 1.82) is 0 Å². The molecule has 0 saturated heterocycles. The van der Waals surface area contributed by atoms with Crippen molar-refractivity contribution in [3.63, 3.8) is 0 Å². The Labute approximate surface area is 88.8 Å². The van der Waals surface area contributed by atoms with E-state index >= 15 is 0 Å². The summed E-state index contributed by atoms with van der Waals surface area (Å²) >= 11 is 3.42. The van der Waals surface area contributed by atoms with Crippen molar-refractivity contribution in [2.24, 2.45) is 0 Å². The molecule has 0 heterocycles. The third-order valence-corrected chi connectivity index (χ3v) is 2.59. The van der Waals surface area contributed by atoms with E-state index in [2.05, 4.69) is 60.1 Å². The fourth-order valence-corrected chi connectivity index (χ4v) is 1.63. The van der Waals surface area contributed by atoms with Crippen LogP contribution in [0.3, 0.4) is 0 Å². The Morgan fingerprint density at radius 1 is 1.38 bits per heavy atom. The Morgan fingerprint density at radius 2 is 2.08 bits per heavy atom. The van der Waals surface area contributed by atoms with Gasteiger partial charge in [-0.2, -0.15) is 0 Å². The number of rotatable bonds is 3. The average molecular weight is 239 g/mol. The van der Waals surface area contributed by atoms with Crippen LogP contribution in [0.4, 0.5) is 0 Å². The molecule has 0 aliphatic carbocycles. The van der Waals surface area contributed by atoms with Gasteiger partial charge in [-0.25, -0.2) is 0 Å². The lowest BCUT2D eigenvalue weighted by Gasteiger charge is -2.04. The van der Waals surface area contributed by atoms with Crippen molar-refractivity contribution in [2.45, 2.75) is 20.3 Å². The molecule has 0 atom stereocenters. The number of allylic oxidation sites excluding steroid dienone is 2. The molecule has 0 bridgehead atoms. The SMILES string of the molecule is C/C(=C/CCBr)c1ccccc1C. The molecule has 0 aromatic heterocycles. The van der Waals surface area contributed by atoms with Crippen molar-refractivity contribution in [3.8, 4) is 0 Å². The van der Waals surface area contributed by atoms with Crippen LogP contribution in [0.2, 0.25) is 0 Å². The first-order chi connectivity index (χ1) is 6.25. The Kier molecular flexibility index (Phi) is 4.23. The van der Waals surface area contributed by atoms with E-state index in [1.54, 1.807) is 0 Å². The lowest BCUT2D eigenvalue weighted by molar-refractivity contribution is 1.25. The molecular formula is C12H15Br. The second-order valence-electron chi connectivity index (χ2n) is 3.18. The van der Waals surface area contributed by atoms with E-state index in [0.29, 0.717) is 0 Å². The van der Waals surface area contributed by atoms with E-state index in [0.717, 1.165) is 11.8 Å². The van der Waals surface area contributed by atoms with Crippen molar-refractivity contribution in [3.05, 3.63) is 41.5 Å². The summed E-state index contributed by atoms with van der Waals surface area (Å²) in [5.41, 5.74) is 4.09. The molecule has 0 aliphatic heterocycles. The van der Waals surface area contributed by atoms with E-state index < -0.39 is 0 Å². The van der Waals surface area contributed by atoms with Crippen LogP contribution in [0.1, 0.15) is 24.5 Å². The maximum absolute atomic E-state index is 3.42. The van der Waals surface area contributed by atoms with Crippen molar-refractivity contribution >= 4 is 21.5 Å². The van der Waals surface area contributed by atoms with Crippen LogP contribution in [-0.2, 0) is 0 Å². The predicted molar refractivity (Wildman–Crippen MR) is 63.2 cm³/mol. The van der Waals surface area contributed by atoms with Gasteiger partial charge in [0.15, 0.2) is 0 Å². The summed E-state index contributed by atoms with van der Waals surface area (Å²) in [5, 5.41) is 1.04. The molecule has 1 rings (SSSR count). The van der Waals surface area contributed by atoms with Crippen molar-refractivity contribution in [2.75, 3.05) is 5.33 Å². The molecule has 13 heavy (non-hydrogen) atoms. The standard InChI is InChI=1S/C12H15Br/c1-10-6-3-4-8-12(10)11(2)7-5-9-13/h3-4,6-8H,5,9H2,1-2H3/b11-7-.